The van der Waals surface area contributed by atoms with Crippen LogP contribution in [0, 0.1) is 6.92 Å². The number of hydrogen-bond donors (Lipinski definition) is 0. The number of hydrogen-bond acceptors (Lipinski definition) is 5. The Morgan fingerprint density at radius 3 is 2.93 bits per heavy atom. The summed E-state index contributed by atoms with van der Waals surface area (Å²) in [6, 6.07) is 12.4. The van der Waals surface area contributed by atoms with Crippen LogP contribution in [-0.4, -0.2) is 26.3 Å². The van der Waals surface area contributed by atoms with Crippen molar-refractivity contribution in [1.29, 1.82) is 0 Å². The van der Waals surface area contributed by atoms with E-state index in [0.29, 0.717) is 11.1 Å². The Balaban J connectivity index is 1.66. The molecule has 0 saturated carbocycles. The van der Waals surface area contributed by atoms with Crippen LogP contribution in [0.25, 0.3) is 16.7 Å². The molecule has 0 radical (unpaired) electrons. The molecule has 0 spiro atoms. The number of anilines is 1. The molecule has 4 aromatic rings. The van der Waals surface area contributed by atoms with Crippen molar-refractivity contribution >= 4 is 39.8 Å². The molecular weight excluding hydrogens is 378 g/mol. The van der Waals surface area contributed by atoms with Crippen molar-refractivity contribution in [3.63, 3.8) is 0 Å². The van der Waals surface area contributed by atoms with Gasteiger partial charge in [0.2, 0.25) is 0 Å². The molecule has 1 saturated heterocycles. The van der Waals surface area contributed by atoms with Gasteiger partial charge in [0.15, 0.2) is 5.65 Å². The zero-order valence-corrected chi connectivity index (χ0v) is 16.4. The van der Waals surface area contributed by atoms with Gasteiger partial charge < -0.3 is 4.90 Å². The van der Waals surface area contributed by atoms with Crippen LogP contribution in [-0.2, 0) is 0 Å². The molecule has 5 nitrogen and oxygen atoms in total. The lowest BCUT2D eigenvalue weighted by Crippen LogP contribution is -2.23. The fourth-order valence-electron chi connectivity index (χ4n) is 3.81. The molecule has 136 valence electrons. The molecule has 27 heavy (non-hydrogen) atoms. The highest BCUT2D eigenvalue weighted by molar-refractivity contribution is 7.10. The van der Waals surface area contributed by atoms with Crippen molar-refractivity contribution in [3.05, 3.63) is 63.7 Å². The monoisotopic (exact) mass is 395 g/mol. The number of rotatable bonds is 3. The van der Waals surface area contributed by atoms with Crippen molar-refractivity contribution in [3.8, 4) is 5.69 Å². The average Bonchev–Trinajstić information content (AvgIpc) is 3.40. The highest BCUT2D eigenvalue weighted by Gasteiger charge is 2.30. The normalized spacial score (nSPS) is 17.1. The van der Waals surface area contributed by atoms with Crippen LogP contribution in [0.5, 0.6) is 0 Å². The second-order valence-corrected chi connectivity index (χ2v) is 8.15. The van der Waals surface area contributed by atoms with Crippen molar-refractivity contribution in [2.75, 3.05) is 11.4 Å². The minimum atomic E-state index is 0.372. The van der Waals surface area contributed by atoms with E-state index in [1.807, 2.05) is 53.4 Å². The molecule has 5 rings (SSSR count). The third kappa shape index (κ3) is 2.89. The Labute approximate surface area is 166 Å². The van der Waals surface area contributed by atoms with Crippen LogP contribution in [0.3, 0.4) is 0 Å². The van der Waals surface area contributed by atoms with Crippen molar-refractivity contribution in [2.45, 2.75) is 25.8 Å². The van der Waals surface area contributed by atoms with Gasteiger partial charge in [0, 0.05) is 16.4 Å². The van der Waals surface area contributed by atoms with Gasteiger partial charge in [-0.05, 0) is 49.4 Å². The molecule has 3 aromatic heterocycles. The molecule has 1 fully saturated rings. The van der Waals surface area contributed by atoms with E-state index in [4.69, 9.17) is 16.6 Å². The summed E-state index contributed by atoms with van der Waals surface area (Å²) < 4.78 is 1.84. The maximum atomic E-state index is 6.17. The number of nitrogens with zero attached hydrogens (tertiary/aromatic N) is 5. The Kier molecular flexibility index (Phi) is 4.10. The highest BCUT2D eigenvalue weighted by atomic mass is 35.5. The SMILES string of the molecule is Cc1nc(N2CCCC2c2cccs2)c2cnn(-c3cccc(Cl)c3)c2n1. The van der Waals surface area contributed by atoms with Gasteiger partial charge in [-0.1, -0.05) is 23.7 Å². The van der Waals surface area contributed by atoms with E-state index in [-0.39, 0.29) is 0 Å². The van der Waals surface area contributed by atoms with Crippen LogP contribution < -0.4 is 4.90 Å². The van der Waals surface area contributed by atoms with E-state index in [1.165, 1.54) is 4.88 Å². The minimum absolute atomic E-state index is 0.372. The summed E-state index contributed by atoms with van der Waals surface area (Å²) in [4.78, 5) is 13.3. The molecule has 0 aliphatic carbocycles. The zero-order chi connectivity index (χ0) is 18.4. The highest BCUT2D eigenvalue weighted by Crippen LogP contribution is 2.39. The van der Waals surface area contributed by atoms with Gasteiger partial charge in [0.25, 0.3) is 0 Å². The maximum Gasteiger partial charge on any atom is 0.168 e. The molecule has 1 aliphatic heterocycles. The van der Waals surface area contributed by atoms with Gasteiger partial charge in [0.05, 0.1) is 23.3 Å². The Morgan fingerprint density at radius 2 is 2.11 bits per heavy atom. The van der Waals surface area contributed by atoms with Gasteiger partial charge in [-0.25, -0.2) is 14.6 Å². The topological polar surface area (TPSA) is 46.8 Å². The molecule has 1 aliphatic rings. The quantitative estimate of drug-likeness (QED) is 0.479. The molecule has 0 amide bonds. The predicted octanol–water partition coefficient (Wildman–Crippen LogP) is 5.18. The number of aryl methyl sites for hydroxylation is 1. The van der Waals surface area contributed by atoms with E-state index in [2.05, 4.69) is 32.5 Å². The molecule has 4 heterocycles. The summed E-state index contributed by atoms with van der Waals surface area (Å²) in [5.41, 5.74) is 1.72. The number of halogens is 1. The Hall–Kier alpha value is -2.44. The van der Waals surface area contributed by atoms with Crippen LogP contribution in [0.1, 0.15) is 29.6 Å². The second kappa shape index (κ2) is 6.62. The van der Waals surface area contributed by atoms with Gasteiger partial charge in [-0.3, -0.25) is 0 Å². The third-order valence-corrected chi connectivity index (χ3v) is 6.18. The first-order valence-electron chi connectivity index (χ1n) is 8.99. The molecule has 1 aromatic carbocycles. The number of benzene rings is 1. The molecule has 1 unspecified atom stereocenters. The molecule has 7 heteroatoms. The summed E-state index contributed by atoms with van der Waals surface area (Å²) in [6.07, 6.45) is 4.18. The first-order valence-corrected chi connectivity index (χ1v) is 10.2. The average molecular weight is 396 g/mol. The van der Waals surface area contributed by atoms with Crippen LogP contribution in [0.4, 0.5) is 5.82 Å². The predicted molar refractivity (Wildman–Crippen MR) is 110 cm³/mol. The lowest BCUT2D eigenvalue weighted by molar-refractivity contribution is 0.725. The fourth-order valence-corrected chi connectivity index (χ4v) is 4.87. The summed E-state index contributed by atoms with van der Waals surface area (Å²) >= 11 is 7.99. The summed E-state index contributed by atoms with van der Waals surface area (Å²) in [6.45, 7) is 2.94. The van der Waals surface area contributed by atoms with Crippen molar-refractivity contribution < 1.29 is 0 Å². The zero-order valence-electron chi connectivity index (χ0n) is 14.8. The van der Waals surface area contributed by atoms with Crippen molar-refractivity contribution in [2.24, 2.45) is 0 Å². The smallest absolute Gasteiger partial charge is 0.168 e. The number of thiophene rings is 1. The lowest BCUT2D eigenvalue weighted by atomic mass is 10.2. The first kappa shape index (κ1) is 16.7. The van der Waals surface area contributed by atoms with Crippen molar-refractivity contribution in [1.82, 2.24) is 19.7 Å². The Bertz CT molecular complexity index is 1100. The third-order valence-electron chi connectivity index (χ3n) is 4.97. The van der Waals surface area contributed by atoms with Crippen LogP contribution >= 0.6 is 22.9 Å². The van der Waals surface area contributed by atoms with E-state index in [1.54, 1.807) is 0 Å². The number of fused-ring (bicyclic) bond motifs is 1. The largest absolute Gasteiger partial charge is 0.348 e. The standard InChI is InChI=1S/C20H18ClN5S/c1-13-23-19(25-9-3-7-17(25)18-8-4-10-27-18)16-12-22-26(20(16)24-13)15-6-2-5-14(21)11-15/h2,4-6,8,10-12,17H,3,7,9H2,1H3. The molecule has 0 bridgehead atoms. The van der Waals surface area contributed by atoms with Gasteiger partial charge in [-0.2, -0.15) is 5.10 Å². The van der Waals surface area contributed by atoms with E-state index >= 15 is 0 Å². The first-order chi connectivity index (χ1) is 13.2. The maximum absolute atomic E-state index is 6.17. The molecule has 0 N–H and O–H groups in total. The molecule has 1 atom stereocenters. The minimum Gasteiger partial charge on any atom is -0.348 e. The summed E-state index contributed by atoms with van der Waals surface area (Å²) in [5, 5.41) is 8.40. The summed E-state index contributed by atoms with van der Waals surface area (Å²) in [5.74, 6) is 1.72. The van der Waals surface area contributed by atoms with Gasteiger partial charge in [-0.15, -0.1) is 11.3 Å². The van der Waals surface area contributed by atoms with E-state index in [0.717, 1.165) is 47.7 Å². The fraction of sp³-hybridized carbons (Fsp3) is 0.250. The lowest BCUT2D eigenvalue weighted by Gasteiger charge is -2.25. The second-order valence-electron chi connectivity index (χ2n) is 6.73. The van der Waals surface area contributed by atoms with E-state index < -0.39 is 0 Å². The summed E-state index contributed by atoms with van der Waals surface area (Å²) in [7, 11) is 0. The van der Waals surface area contributed by atoms with Crippen LogP contribution in [0.2, 0.25) is 5.02 Å². The Morgan fingerprint density at radius 1 is 1.19 bits per heavy atom. The van der Waals surface area contributed by atoms with E-state index in [9.17, 15) is 0 Å². The molecular formula is C20H18ClN5S. The van der Waals surface area contributed by atoms with Crippen LogP contribution in [0.15, 0.2) is 48.0 Å². The van der Waals surface area contributed by atoms with Gasteiger partial charge in [0.1, 0.15) is 11.6 Å². The number of aromatic nitrogens is 4. The van der Waals surface area contributed by atoms with Gasteiger partial charge >= 0.3 is 0 Å².